The fourth-order valence-electron chi connectivity index (χ4n) is 2.24. The number of amides is 1. The standard InChI is InChI=1S/C19H25NO3/c1-14(2)22-12-6-11-20-19(21)15(3)23-18-10-9-16-7-4-5-8-17(16)13-18/h4-5,7-10,13-15H,6,11-12H2,1-3H3,(H,20,21)/t15-/m1/s1. The highest BCUT2D eigenvalue weighted by atomic mass is 16.5. The van der Waals surface area contributed by atoms with Crippen LogP contribution in [0.2, 0.25) is 0 Å². The molecule has 0 aromatic heterocycles. The molecule has 0 aliphatic heterocycles. The van der Waals surface area contributed by atoms with Crippen molar-refractivity contribution in [3.8, 4) is 5.75 Å². The lowest BCUT2D eigenvalue weighted by molar-refractivity contribution is -0.127. The Morgan fingerprint density at radius 3 is 2.57 bits per heavy atom. The Hall–Kier alpha value is -2.07. The minimum Gasteiger partial charge on any atom is -0.481 e. The lowest BCUT2D eigenvalue weighted by Gasteiger charge is -2.15. The van der Waals surface area contributed by atoms with Crippen molar-refractivity contribution in [3.63, 3.8) is 0 Å². The summed E-state index contributed by atoms with van der Waals surface area (Å²) in [5, 5.41) is 5.12. The van der Waals surface area contributed by atoms with Gasteiger partial charge >= 0.3 is 0 Å². The molecular formula is C19H25NO3. The molecule has 0 saturated carbocycles. The predicted molar refractivity (Wildman–Crippen MR) is 92.8 cm³/mol. The number of fused-ring (bicyclic) bond motifs is 1. The number of benzene rings is 2. The lowest BCUT2D eigenvalue weighted by Crippen LogP contribution is -2.37. The van der Waals surface area contributed by atoms with E-state index in [1.807, 2.05) is 50.2 Å². The van der Waals surface area contributed by atoms with Crippen LogP contribution in [-0.4, -0.2) is 31.3 Å². The van der Waals surface area contributed by atoms with Gasteiger partial charge in [0.15, 0.2) is 6.10 Å². The Morgan fingerprint density at radius 1 is 1.09 bits per heavy atom. The van der Waals surface area contributed by atoms with Crippen LogP contribution in [0.25, 0.3) is 10.8 Å². The van der Waals surface area contributed by atoms with Gasteiger partial charge in [0, 0.05) is 13.2 Å². The number of carbonyl (C=O) groups excluding carboxylic acids is 1. The quantitative estimate of drug-likeness (QED) is 0.758. The van der Waals surface area contributed by atoms with Crippen molar-refractivity contribution >= 4 is 16.7 Å². The Balaban J connectivity index is 1.80. The molecule has 0 saturated heterocycles. The van der Waals surface area contributed by atoms with Crippen LogP contribution in [0.4, 0.5) is 0 Å². The molecule has 0 bridgehead atoms. The number of hydrogen-bond acceptors (Lipinski definition) is 3. The van der Waals surface area contributed by atoms with E-state index in [0.29, 0.717) is 18.9 Å². The fourth-order valence-corrected chi connectivity index (χ4v) is 2.24. The molecule has 1 amide bonds. The molecule has 1 atom stereocenters. The van der Waals surface area contributed by atoms with E-state index in [0.717, 1.165) is 17.2 Å². The summed E-state index contributed by atoms with van der Waals surface area (Å²) in [5.74, 6) is 0.595. The van der Waals surface area contributed by atoms with Crippen molar-refractivity contribution in [2.24, 2.45) is 0 Å². The highest BCUT2D eigenvalue weighted by Gasteiger charge is 2.14. The van der Waals surface area contributed by atoms with Crippen molar-refractivity contribution < 1.29 is 14.3 Å². The highest BCUT2D eigenvalue weighted by molar-refractivity contribution is 5.84. The van der Waals surface area contributed by atoms with E-state index in [2.05, 4.69) is 11.4 Å². The molecular weight excluding hydrogens is 290 g/mol. The third-order valence-corrected chi connectivity index (χ3v) is 3.47. The van der Waals surface area contributed by atoms with Gasteiger partial charge in [-0.3, -0.25) is 4.79 Å². The summed E-state index contributed by atoms with van der Waals surface area (Å²) in [5.41, 5.74) is 0. The second-order valence-electron chi connectivity index (χ2n) is 5.83. The van der Waals surface area contributed by atoms with Gasteiger partial charge in [0.25, 0.3) is 5.91 Å². The van der Waals surface area contributed by atoms with Crippen LogP contribution in [0.3, 0.4) is 0 Å². The van der Waals surface area contributed by atoms with E-state index in [1.165, 1.54) is 0 Å². The van der Waals surface area contributed by atoms with Crippen LogP contribution < -0.4 is 10.1 Å². The van der Waals surface area contributed by atoms with Crippen LogP contribution in [0.5, 0.6) is 5.75 Å². The smallest absolute Gasteiger partial charge is 0.260 e. The average Bonchev–Trinajstić information content (AvgIpc) is 2.54. The lowest BCUT2D eigenvalue weighted by atomic mass is 10.1. The Labute approximate surface area is 137 Å². The molecule has 0 aliphatic rings. The van der Waals surface area contributed by atoms with Crippen molar-refractivity contribution in [2.75, 3.05) is 13.2 Å². The predicted octanol–water partition coefficient (Wildman–Crippen LogP) is 3.54. The van der Waals surface area contributed by atoms with Gasteiger partial charge in [0.2, 0.25) is 0 Å². The zero-order chi connectivity index (χ0) is 16.7. The number of ether oxygens (including phenoxy) is 2. The highest BCUT2D eigenvalue weighted by Crippen LogP contribution is 2.21. The summed E-state index contributed by atoms with van der Waals surface area (Å²) in [7, 11) is 0. The van der Waals surface area contributed by atoms with E-state index in [9.17, 15) is 4.79 Å². The normalized spacial score (nSPS) is 12.3. The largest absolute Gasteiger partial charge is 0.481 e. The third kappa shape index (κ3) is 5.57. The molecule has 23 heavy (non-hydrogen) atoms. The van der Waals surface area contributed by atoms with Crippen LogP contribution in [0.15, 0.2) is 42.5 Å². The first-order valence-electron chi connectivity index (χ1n) is 8.11. The number of hydrogen-bond donors (Lipinski definition) is 1. The summed E-state index contributed by atoms with van der Waals surface area (Å²) < 4.78 is 11.2. The van der Waals surface area contributed by atoms with Crippen molar-refractivity contribution in [3.05, 3.63) is 42.5 Å². The molecule has 124 valence electrons. The first-order valence-corrected chi connectivity index (χ1v) is 8.11. The second-order valence-corrected chi connectivity index (χ2v) is 5.83. The molecule has 2 aromatic carbocycles. The summed E-state index contributed by atoms with van der Waals surface area (Å²) in [6.07, 6.45) is 0.495. The van der Waals surface area contributed by atoms with E-state index < -0.39 is 6.10 Å². The topological polar surface area (TPSA) is 47.6 Å². The SMILES string of the molecule is CC(C)OCCCNC(=O)[C@@H](C)Oc1ccc2ccccc2c1. The average molecular weight is 315 g/mol. The first kappa shape index (κ1) is 17.3. The number of rotatable bonds is 8. The van der Waals surface area contributed by atoms with Gasteiger partial charge < -0.3 is 14.8 Å². The van der Waals surface area contributed by atoms with Crippen molar-refractivity contribution in [1.82, 2.24) is 5.32 Å². The summed E-state index contributed by atoms with van der Waals surface area (Å²) >= 11 is 0. The van der Waals surface area contributed by atoms with Gasteiger partial charge in [-0.15, -0.1) is 0 Å². The van der Waals surface area contributed by atoms with E-state index >= 15 is 0 Å². The molecule has 0 unspecified atom stereocenters. The van der Waals surface area contributed by atoms with E-state index in [-0.39, 0.29) is 12.0 Å². The van der Waals surface area contributed by atoms with Crippen LogP contribution in [0.1, 0.15) is 27.2 Å². The van der Waals surface area contributed by atoms with Crippen LogP contribution in [-0.2, 0) is 9.53 Å². The first-order chi connectivity index (χ1) is 11.1. The molecule has 0 fully saturated rings. The molecule has 2 aromatic rings. The number of nitrogens with one attached hydrogen (secondary N) is 1. The number of carbonyl (C=O) groups is 1. The maximum Gasteiger partial charge on any atom is 0.260 e. The van der Waals surface area contributed by atoms with Crippen molar-refractivity contribution in [2.45, 2.75) is 39.4 Å². The van der Waals surface area contributed by atoms with Gasteiger partial charge in [0.1, 0.15) is 5.75 Å². The van der Waals surface area contributed by atoms with Crippen molar-refractivity contribution in [1.29, 1.82) is 0 Å². The Morgan fingerprint density at radius 2 is 1.83 bits per heavy atom. The molecule has 0 spiro atoms. The van der Waals surface area contributed by atoms with E-state index in [4.69, 9.17) is 9.47 Å². The zero-order valence-electron chi connectivity index (χ0n) is 14.0. The summed E-state index contributed by atoms with van der Waals surface area (Å²) in [6, 6.07) is 13.9. The molecule has 2 rings (SSSR count). The second kappa shape index (κ2) is 8.53. The summed E-state index contributed by atoms with van der Waals surface area (Å²) in [6.45, 7) is 7.00. The maximum absolute atomic E-state index is 12.0. The minimum absolute atomic E-state index is 0.109. The van der Waals surface area contributed by atoms with Gasteiger partial charge in [0.05, 0.1) is 6.10 Å². The maximum atomic E-state index is 12.0. The van der Waals surface area contributed by atoms with Gasteiger partial charge in [-0.2, -0.15) is 0 Å². The zero-order valence-corrected chi connectivity index (χ0v) is 14.0. The van der Waals surface area contributed by atoms with E-state index in [1.54, 1.807) is 6.92 Å². The minimum atomic E-state index is -0.526. The summed E-state index contributed by atoms with van der Waals surface area (Å²) in [4.78, 5) is 12.0. The molecule has 4 nitrogen and oxygen atoms in total. The Bertz CT molecular complexity index is 639. The van der Waals surface area contributed by atoms with Gasteiger partial charge in [-0.25, -0.2) is 0 Å². The molecule has 0 aliphatic carbocycles. The molecule has 4 heteroatoms. The monoisotopic (exact) mass is 315 g/mol. The van der Waals surface area contributed by atoms with Crippen LogP contribution >= 0.6 is 0 Å². The fraction of sp³-hybridized carbons (Fsp3) is 0.421. The van der Waals surface area contributed by atoms with Gasteiger partial charge in [-0.1, -0.05) is 30.3 Å². The third-order valence-electron chi connectivity index (χ3n) is 3.47. The van der Waals surface area contributed by atoms with Crippen LogP contribution in [0, 0.1) is 0 Å². The molecule has 0 heterocycles. The molecule has 0 radical (unpaired) electrons. The van der Waals surface area contributed by atoms with Gasteiger partial charge in [-0.05, 0) is 50.1 Å². The Kier molecular flexibility index (Phi) is 6.41. The molecule has 1 N–H and O–H groups in total.